The highest BCUT2D eigenvalue weighted by atomic mass is 32.1. The van der Waals surface area contributed by atoms with Gasteiger partial charge in [-0.2, -0.15) is 13.2 Å². The van der Waals surface area contributed by atoms with Crippen molar-refractivity contribution in [2.75, 3.05) is 0 Å². The van der Waals surface area contributed by atoms with Gasteiger partial charge in [-0.05, 0) is 48.4 Å². The predicted octanol–water partition coefficient (Wildman–Crippen LogP) is 10.2. The normalized spacial score (nSPS) is 12.1. The number of hydrogen-bond acceptors (Lipinski definition) is 6. The number of thiophene rings is 1. The lowest BCUT2D eigenvalue weighted by atomic mass is 10.0. The Balaban J connectivity index is 1.20. The Morgan fingerprint density at radius 1 is 0.840 bits per heavy atom. The van der Waals surface area contributed by atoms with Gasteiger partial charge in [-0.15, -0.1) is 11.3 Å². The molecule has 1 N–H and O–H groups in total. The van der Waals surface area contributed by atoms with Crippen molar-refractivity contribution in [1.82, 2.24) is 14.5 Å². The van der Waals surface area contributed by atoms with Crippen LogP contribution < -0.4 is 4.74 Å². The maximum absolute atomic E-state index is 13.7. The van der Waals surface area contributed by atoms with Crippen LogP contribution in [0.4, 0.5) is 19.0 Å². The van der Waals surface area contributed by atoms with Gasteiger partial charge < -0.3 is 9.84 Å². The van der Waals surface area contributed by atoms with E-state index in [9.17, 15) is 23.1 Å². The van der Waals surface area contributed by atoms with Gasteiger partial charge in [0, 0.05) is 29.0 Å². The van der Waals surface area contributed by atoms with Crippen molar-refractivity contribution in [3.63, 3.8) is 0 Å². The molecule has 3 heterocycles. The number of carbonyl (C=O) groups is 1. The number of aliphatic imine (C=N–C) groups is 1. The van der Waals surface area contributed by atoms with Gasteiger partial charge in [-0.25, -0.2) is 19.8 Å². The number of alkyl halides is 3. The number of carboxylic acid groups (broad SMARTS) is 1. The zero-order valence-corrected chi connectivity index (χ0v) is 27.2. The number of aromatic carboxylic acids is 1. The van der Waals surface area contributed by atoms with E-state index in [-0.39, 0.29) is 16.2 Å². The van der Waals surface area contributed by atoms with Crippen LogP contribution in [0.5, 0.6) is 5.75 Å². The number of pyridine rings is 1. The third-order valence-electron chi connectivity index (χ3n) is 8.07. The Bertz CT molecular complexity index is 2310. The van der Waals surface area contributed by atoms with E-state index < -0.39 is 23.8 Å². The molecule has 0 unspecified atom stereocenters. The number of halogens is 3. The van der Waals surface area contributed by atoms with Gasteiger partial charge in [0.15, 0.2) is 10.7 Å². The summed E-state index contributed by atoms with van der Waals surface area (Å²) in [5.41, 5.74) is 4.91. The molecule has 0 fully saturated rings. The summed E-state index contributed by atoms with van der Waals surface area (Å²) in [6.45, 7) is 1.46. The molecule has 0 amide bonds. The molecule has 0 radical (unpaired) electrons. The molecule has 11 heteroatoms. The Hall–Kier alpha value is -6.07. The molecule has 7 nitrogen and oxygen atoms in total. The zero-order valence-electron chi connectivity index (χ0n) is 26.4. The van der Waals surface area contributed by atoms with Gasteiger partial charge in [0.05, 0.1) is 22.3 Å². The van der Waals surface area contributed by atoms with Crippen molar-refractivity contribution in [3.8, 4) is 21.9 Å². The van der Waals surface area contributed by atoms with Crippen LogP contribution in [0.3, 0.4) is 0 Å². The van der Waals surface area contributed by atoms with Gasteiger partial charge >= 0.3 is 12.1 Å². The van der Waals surface area contributed by atoms with E-state index in [2.05, 4.69) is 9.97 Å². The minimum atomic E-state index is -4.59. The first-order valence-corrected chi connectivity index (χ1v) is 16.3. The Morgan fingerprint density at radius 3 is 2.18 bits per heavy atom. The van der Waals surface area contributed by atoms with Gasteiger partial charge in [0.2, 0.25) is 0 Å². The minimum absolute atomic E-state index is 0.0318. The smallest absolute Gasteiger partial charge is 0.416 e. The summed E-state index contributed by atoms with van der Waals surface area (Å²) in [5, 5.41) is 10.4. The quantitative estimate of drug-likeness (QED) is 0.153. The maximum Gasteiger partial charge on any atom is 0.416 e. The van der Waals surface area contributed by atoms with Crippen LogP contribution in [0, 0.1) is 0 Å². The highest BCUT2D eigenvalue weighted by Gasteiger charge is 2.35. The molecule has 0 saturated heterocycles. The highest BCUT2D eigenvalue weighted by molar-refractivity contribution is 7.16. The third-order valence-corrected chi connectivity index (χ3v) is 9.18. The first-order valence-electron chi connectivity index (χ1n) is 15.5. The van der Waals surface area contributed by atoms with E-state index in [1.165, 1.54) is 31.2 Å². The predicted molar refractivity (Wildman–Crippen MR) is 188 cm³/mol. The van der Waals surface area contributed by atoms with E-state index >= 15 is 0 Å². The van der Waals surface area contributed by atoms with Crippen LogP contribution >= 0.6 is 11.3 Å². The second kappa shape index (κ2) is 13.4. The van der Waals surface area contributed by atoms with E-state index in [0.717, 1.165) is 45.4 Å². The average Bonchev–Trinajstić information content (AvgIpc) is 3.75. The summed E-state index contributed by atoms with van der Waals surface area (Å²) in [6, 6.07) is 36.0. The van der Waals surface area contributed by atoms with Crippen LogP contribution in [-0.2, 0) is 6.18 Å². The second-order valence-electron chi connectivity index (χ2n) is 11.3. The first kappa shape index (κ1) is 32.5. The standard InChI is InChI=1S/C39H27F3N4O3S/c1-24(29-14-8-9-15-30(29)39(40,41)42)49-33-22-35(50-37(33)38(47)48)46-23-44-31-20-27(16-17-32(31)46)28-18-19-43-34(21-28)45-36(25-10-4-2-5-11-25)26-12-6-3-7-13-26/h2-24H,1H3,(H,47,48)/t24-/m1/s1. The van der Waals surface area contributed by atoms with E-state index in [4.69, 9.17) is 9.73 Å². The number of rotatable bonds is 9. The third kappa shape index (κ3) is 6.63. The average molecular weight is 689 g/mol. The molecular formula is C39H27F3N4O3S. The van der Waals surface area contributed by atoms with Gasteiger partial charge in [0.1, 0.15) is 23.2 Å². The molecule has 3 aromatic heterocycles. The van der Waals surface area contributed by atoms with Crippen LogP contribution in [0.15, 0.2) is 139 Å². The summed E-state index contributed by atoms with van der Waals surface area (Å²) >= 11 is 0.945. The minimum Gasteiger partial charge on any atom is -0.484 e. The van der Waals surface area contributed by atoms with E-state index in [0.29, 0.717) is 21.9 Å². The molecule has 0 aliphatic rings. The van der Waals surface area contributed by atoms with Crippen molar-refractivity contribution in [3.05, 3.63) is 161 Å². The van der Waals surface area contributed by atoms with Crippen LogP contribution in [0.25, 0.3) is 27.2 Å². The monoisotopic (exact) mass is 688 g/mol. The molecule has 0 bridgehead atoms. The molecule has 0 aliphatic heterocycles. The number of fused-ring (bicyclic) bond motifs is 1. The lowest BCUT2D eigenvalue weighted by molar-refractivity contribution is -0.139. The van der Waals surface area contributed by atoms with E-state index in [1.54, 1.807) is 17.1 Å². The molecule has 7 aromatic rings. The molecule has 0 aliphatic carbocycles. The van der Waals surface area contributed by atoms with Gasteiger partial charge in [-0.1, -0.05) is 84.9 Å². The summed E-state index contributed by atoms with van der Waals surface area (Å²) < 4.78 is 48.6. The van der Waals surface area contributed by atoms with Gasteiger partial charge in [0.25, 0.3) is 0 Å². The maximum atomic E-state index is 13.7. The van der Waals surface area contributed by atoms with Crippen LogP contribution in [0.2, 0.25) is 0 Å². The molecule has 1 atom stereocenters. The number of imidazole rings is 1. The Labute approximate surface area is 288 Å². The molecular weight excluding hydrogens is 662 g/mol. The van der Waals surface area contributed by atoms with Crippen molar-refractivity contribution in [1.29, 1.82) is 0 Å². The first-order chi connectivity index (χ1) is 24.2. The molecule has 0 saturated carbocycles. The largest absolute Gasteiger partial charge is 0.484 e. The lowest BCUT2D eigenvalue weighted by Gasteiger charge is -2.19. The van der Waals surface area contributed by atoms with Crippen molar-refractivity contribution < 1.29 is 27.8 Å². The molecule has 4 aromatic carbocycles. The number of benzene rings is 4. The number of nitrogens with zero attached hydrogens (tertiary/aromatic N) is 4. The van der Waals surface area contributed by atoms with Crippen molar-refractivity contribution >= 4 is 39.9 Å². The number of hydrogen-bond donors (Lipinski definition) is 1. The zero-order chi connectivity index (χ0) is 34.8. The number of aromatic nitrogens is 3. The molecule has 50 heavy (non-hydrogen) atoms. The van der Waals surface area contributed by atoms with Crippen molar-refractivity contribution in [2.24, 2.45) is 4.99 Å². The Morgan fingerprint density at radius 2 is 1.50 bits per heavy atom. The van der Waals surface area contributed by atoms with Crippen molar-refractivity contribution in [2.45, 2.75) is 19.2 Å². The second-order valence-corrected chi connectivity index (χ2v) is 12.4. The van der Waals surface area contributed by atoms with E-state index in [1.807, 2.05) is 91.0 Å². The summed E-state index contributed by atoms with van der Waals surface area (Å²) in [4.78, 5) is 26.1. The number of ether oxygens (including phenoxy) is 1. The topological polar surface area (TPSA) is 89.6 Å². The highest BCUT2D eigenvalue weighted by Crippen LogP contribution is 2.40. The van der Waals surface area contributed by atoms with Crippen LogP contribution in [0.1, 0.15) is 45.0 Å². The molecule has 0 spiro atoms. The summed E-state index contributed by atoms with van der Waals surface area (Å²) in [5.74, 6) is -0.746. The molecule has 7 rings (SSSR count). The fraction of sp³-hybridized carbons (Fsp3) is 0.0769. The fourth-order valence-corrected chi connectivity index (χ4v) is 6.62. The fourth-order valence-electron chi connectivity index (χ4n) is 5.71. The Kier molecular flexibility index (Phi) is 8.73. The molecule has 248 valence electrons. The van der Waals surface area contributed by atoms with Crippen LogP contribution in [-0.4, -0.2) is 31.3 Å². The summed E-state index contributed by atoms with van der Waals surface area (Å²) in [6.07, 6.45) is -2.37. The summed E-state index contributed by atoms with van der Waals surface area (Å²) in [7, 11) is 0. The lowest BCUT2D eigenvalue weighted by Crippen LogP contribution is -2.14. The van der Waals surface area contributed by atoms with Gasteiger partial charge in [-0.3, -0.25) is 4.57 Å². The SMILES string of the molecule is C[C@@H](Oc1cc(-n2cnc3cc(-c4ccnc(N=C(c5ccccc5)c5ccccc5)c4)ccc32)sc1C(=O)O)c1ccccc1C(F)(F)F. The number of carboxylic acids is 1.